The Morgan fingerprint density at radius 1 is 1.30 bits per heavy atom. The second-order valence-electron chi connectivity index (χ2n) is 11.1. The molecule has 40 heavy (non-hydrogen) atoms. The van der Waals surface area contributed by atoms with Gasteiger partial charge < -0.3 is 15.0 Å². The Hall–Kier alpha value is -3.51. The topological polar surface area (TPSA) is 119 Å². The van der Waals surface area contributed by atoms with Crippen LogP contribution in [-0.4, -0.2) is 67.8 Å². The number of carbonyl (C=O) groups is 1. The minimum Gasteiger partial charge on any atom is -0.444 e. The van der Waals surface area contributed by atoms with E-state index in [1.54, 1.807) is 56.9 Å². The van der Waals surface area contributed by atoms with Crippen LogP contribution < -0.4 is 5.32 Å². The normalized spacial score (nSPS) is 21.5. The molecule has 1 N–H and O–H groups in total. The Morgan fingerprint density at radius 3 is 2.80 bits per heavy atom. The van der Waals surface area contributed by atoms with Crippen molar-refractivity contribution >= 4 is 44.6 Å². The lowest BCUT2D eigenvalue weighted by Crippen LogP contribution is -2.38. The fourth-order valence-corrected chi connectivity index (χ4v) is 6.81. The molecule has 0 aromatic carbocycles. The van der Waals surface area contributed by atoms with E-state index in [4.69, 9.17) is 16.3 Å². The highest BCUT2D eigenvalue weighted by molar-refractivity contribution is 7.91. The van der Waals surface area contributed by atoms with Gasteiger partial charge in [0.25, 0.3) is 0 Å². The molecular weight excluding hydrogens is 559 g/mol. The van der Waals surface area contributed by atoms with Crippen molar-refractivity contribution in [3.8, 4) is 11.4 Å². The molecule has 0 radical (unpaired) electrons. The van der Waals surface area contributed by atoms with Crippen molar-refractivity contribution in [3.63, 3.8) is 0 Å². The van der Waals surface area contributed by atoms with Gasteiger partial charge >= 0.3 is 6.09 Å². The standard InChI is InChI=1S/C27H30ClFN6O4S/c1-26(2,3)39-25(36)34-12-9-18(15-34)32-23-21(29)14-31-22(33-23)20-16-35(24-19(20)8-6-11-30-24)40(37,38)27(4)10-5-7-17(28)13-27/h5-8,11,13-14,16,18H,9-10,12,15H2,1-4H3,(H,31,32,33)/t18-,27?/m0/s1. The number of rotatable bonds is 5. The number of allylic oxidation sites excluding steroid dienone is 3. The van der Waals surface area contributed by atoms with E-state index in [2.05, 4.69) is 20.3 Å². The molecule has 13 heteroatoms. The number of aromatic nitrogens is 4. The first-order chi connectivity index (χ1) is 18.8. The predicted molar refractivity (Wildman–Crippen MR) is 151 cm³/mol. The summed E-state index contributed by atoms with van der Waals surface area (Å²) in [5.41, 5.74) is -0.0450. The maximum Gasteiger partial charge on any atom is 0.410 e. The molecule has 0 saturated carbocycles. The van der Waals surface area contributed by atoms with Crippen molar-refractivity contribution < 1.29 is 22.3 Å². The predicted octanol–water partition coefficient (Wildman–Crippen LogP) is 5.07. The van der Waals surface area contributed by atoms with Crippen molar-refractivity contribution in [2.45, 2.75) is 56.9 Å². The number of hydrogen-bond acceptors (Lipinski definition) is 8. The highest BCUT2D eigenvalue weighted by Crippen LogP contribution is 2.36. The van der Waals surface area contributed by atoms with Gasteiger partial charge in [-0.1, -0.05) is 17.7 Å². The number of anilines is 1. The summed E-state index contributed by atoms with van der Waals surface area (Å²) < 4.78 is 47.8. The SMILES string of the molecule is CC(C)(C)OC(=O)N1CC[C@H](Nc2nc(-c3cn(S(=O)(=O)C4(C)C=C(Cl)C=CC4)c4ncccc34)ncc2F)C1. The third kappa shape index (κ3) is 5.29. The van der Waals surface area contributed by atoms with Crippen molar-refractivity contribution in [1.82, 2.24) is 23.8 Å². The van der Waals surface area contributed by atoms with E-state index in [-0.39, 0.29) is 29.8 Å². The van der Waals surface area contributed by atoms with Gasteiger partial charge in [-0.15, -0.1) is 0 Å². The molecule has 1 amide bonds. The van der Waals surface area contributed by atoms with Crippen LogP contribution in [0.5, 0.6) is 0 Å². The molecule has 1 unspecified atom stereocenters. The number of pyridine rings is 1. The molecule has 1 fully saturated rings. The van der Waals surface area contributed by atoms with Crippen molar-refractivity contribution in [2.24, 2.45) is 0 Å². The van der Waals surface area contributed by atoms with Crippen molar-refractivity contribution in [3.05, 3.63) is 59.8 Å². The van der Waals surface area contributed by atoms with Gasteiger partial charge in [0.2, 0.25) is 10.0 Å². The second-order valence-corrected chi connectivity index (χ2v) is 13.8. The minimum absolute atomic E-state index is 0.0484. The van der Waals surface area contributed by atoms with Crippen LogP contribution in [0.25, 0.3) is 22.4 Å². The van der Waals surface area contributed by atoms with E-state index < -0.39 is 32.3 Å². The molecule has 5 rings (SSSR count). The van der Waals surface area contributed by atoms with Crippen LogP contribution in [0.15, 0.2) is 54.0 Å². The summed E-state index contributed by atoms with van der Waals surface area (Å²) in [6, 6.07) is 3.13. The summed E-state index contributed by atoms with van der Waals surface area (Å²) in [7, 11) is -4.03. The molecule has 1 saturated heterocycles. The van der Waals surface area contributed by atoms with Crippen LogP contribution in [0.2, 0.25) is 0 Å². The van der Waals surface area contributed by atoms with Crippen LogP contribution in [0.1, 0.15) is 40.5 Å². The number of nitrogens with zero attached hydrogens (tertiary/aromatic N) is 5. The van der Waals surface area contributed by atoms with Gasteiger partial charge in [0.1, 0.15) is 10.3 Å². The number of fused-ring (bicyclic) bond motifs is 1. The number of carbonyl (C=O) groups excluding carboxylic acids is 1. The fourth-order valence-electron chi connectivity index (χ4n) is 4.76. The van der Waals surface area contributed by atoms with E-state index in [0.717, 1.165) is 10.2 Å². The quantitative estimate of drug-likeness (QED) is 0.439. The number of amides is 1. The Morgan fingerprint density at radius 2 is 2.08 bits per heavy atom. The Bertz CT molecular complexity index is 1650. The summed E-state index contributed by atoms with van der Waals surface area (Å²) in [6.45, 7) is 7.76. The first kappa shape index (κ1) is 28.0. The smallest absolute Gasteiger partial charge is 0.410 e. The Balaban J connectivity index is 1.46. The van der Waals surface area contributed by atoms with Gasteiger partial charge in [0, 0.05) is 47.5 Å². The Labute approximate surface area is 237 Å². The molecule has 2 aliphatic rings. The average molecular weight is 589 g/mol. The molecule has 3 aromatic rings. The molecule has 0 spiro atoms. The fraction of sp³-hybridized carbons (Fsp3) is 0.407. The molecular formula is C27H30ClFN6O4S. The highest BCUT2D eigenvalue weighted by Gasteiger charge is 2.40. The van der Waals surface area contributed by atoms with E-state index >= 15 is 0 Å². The van der Waals surface area contributed by atoms with Crippen LogP contribution >= 0.6 is 11.6 Å². The lowest BCUT2D eigenvalue weighted by Gasteiger charge is -2.27. The van der Waals surface area contributed by atoms with Gasteiger partial charge in [-0.25, -0.2) is 36.5 Å². The van der Waals surface area contributed by atoms with E-state index in [1.807, 2.05) is 0 Å². The monoisotopic (exact) mass is 588 g/mol. The molecule has 3 aromatic heterocycles. The minimum atomic E-state index is -4.03. The maximum absolute atomic E-state index is 14.8. The maximum atomic E-state index is 14.8. The summed E-state index contributed by atoms with van der Waals surface area (Å²) in [6.07, 6.45) is 9.21. The van der Waals surface area contributed by atoms with Crippen molar-refractivity contribution in [2.75, 3.05) is 18.4 Å². The number of hydrogen-bond donors (Lipinski definition) is 1. The molecule has 0 bridgehead atoms. The first-order valence-corrected chi connectivity index (χ1v) is 14.6. The number of likely N-dealkylation sites (tertiary alicyclic amines) is 1. The van der Waals surface area contributed by atoms with Crippen LogP contribution in [0.3, 0.4) is 0 Å². The number of halogens is 2. The lowest BCUT2D eigenvalue weighted by molar-refractivity contribution is 0.0293. The van der Waals surface area contributed by atoms with Gasteiger partial charge in [0.15, 0.2) is 23.1 Å². The summed E-state index contributed by atoms with van der Waals surface area (Å²) in [4.78, 5) is 26.9. The second kappa shape index (κ2) is 10.2. The van der Waals surface area contributed by atoms with E-state index in [0.29, 0.717) is 35.5 Å². The van der Waals surface area contributed by atoms with Crippen LogP contribution in [-0.2, 0) is 14.8 Å². The van der Waals surface area contributed by atoms with Gasteiger partial charge in [-0.3, -0.25) is 0 Å². The van der Waals surface area contributed by atoms with Crippen LogP contribution in [0.4, 0.5) is 15.0 Å². The zero-order valence-corrected chi connectivity index (χ0v) is 24.1. The molecule has 212 valence electrons. The molecule has 1 aliphatic carbocycles. The average Bonchev–Trinajstić information content (AvgIpc) is 3.50. The van der Waals surface area contributed by atoms with Gasteiger partial charge in [0.05, 0.1) is 6.20 Å². The summed E-state index contributed by atoms with van der Waals surface area (Å²) in [5, 5.41) is 3.89. The summed E-state index contributed by atoms with van der Waals surface area (Å²) >= 11 is 6.16. The Kier molecular flexibility index (Phi) is 7.11. The molecule has 1 aliphatic heterocycles. The largest absolute Gasteiger partial charge is 0.444 e. The highest BCUT2D eigenvalue weighted by atomic mass is 35.5. The van der Waals surface area contributed by atoms with Crippen molar-refractivity contribution in [1.29, 1.82) is 0 Å². The van der Waals surface area contributed by atoms with E-state index in [1.165, 1.54) is 18.5 Å². The lowest BCUT2D eigenvalue weighted by atomic mass is 10.0. The van der Waals surface area contributed by atoms with Gasteiger partial charge in [-0.05, 0) is 64.8 Å². The third-order valence-electron chi connectivity index (χ3n) is 6.79. The molecule has 2 atom stereocenters. The molecule has 4 heterocycles. The first-order valence-electron chi connectivity index (χ1n) is 12.8. The van der Waals surface area contributed by atoms with Gasteiger partial charge in [-0.2, -0.15) is 0 Å². The zero-order chi connectivity index (χ0) is 28.9. The summed E-state index contributed by atoms with van der Waals surface area (Å²) in [5.74, 6) is -0.594. The zero-order valence-electron chi connectivity index (χ0n) is 22.6. The molecule has 10 nitrogen and oxygen atoms in total. The third-order valence-corrected chi connectivity index (χ3v) is 9.28. The number of nitrogens with one attached hydrogen (secondary N) is 1. The van der Waals surface area contributed by atoms with E-state index in [9.17, 15) is 17.6 Å². The number of ether oxygens (including phenoxy) is 1. The van der Waals surface area contributed by atoms with Crippen LogP contribution in [0, 0.1) is 5.82 Å².